The van der Waals surface area contributed by atoms with Crippen LogP contribution in [0.3, 0.4) is 0 Å². The fourth-order valence-corrected chi connectivity index (χ4v) is 5.47. The van der Waals surface area contributed by atoms with E-state index >= 15 is 0 Å². The summed E-state index contributed by atoms with van der Waals surface area (Å²) in [6.45, 7) is 1.49. The third-order valence-electron chi connectivity index (χ3n) is 7.85. The zero-order valence-electron chi connectivity index (χ0n) is 24.5. The van der Waals surface area contributed by atoms with Crippen molar-refractivity contribution < 1.29 is 35.9 Å². The normalized spacial score (nSPS) is 14.2. The standard InChI is InChI=1S/C34H30F6N4O2/c35-33(36,37)26-16-25(17-27(18-26)34(38,39)40)31(45)43-28-8-9-30(29(19-28)32(46)42-21-24-7-4-12-41-20-24)44-13-10-23(11-14-44)15-22-5-2-1-3-6-22/h1-9,12,16-20,23H,10-11,13-15,21H2,(H,42,46)(H,43,45). The van der Waals surface area contributed by atoms with Crippen LogP contribution in [-0.2, 0) is 25.3 Å². The molecule has 1 saturated heterocycles. The van der Waals surface area contributed by atoms with Crippen molar-refractivity contribution in [1.29, 1.82) is 0 Å². The van der Waals surface area contributed by atoms with Crippen molar-refractivity contribution in [2.45, 2.75) is 38.2 Å². The van der Waals surface area contributed by atoms with Crippen molar-refractivity contribution in [3.63, 3.8) is 0 Å². The van der Waals surface area contributed by atoms with E-state index in [2.05, 4.69) is 32.7 Å². The van der Waals surface area contributed by atoms with E-state index in [1.807, 2.05) is 18.2 Å². The second-order valence-electron chi connectivity index (χ2n) is 11.1. The van der Waals surface area contributed by atoms with Crippen molar-refractivity contribution in [1.82, 2.24) is 10.3 Å². The summed E-state index contributed by atoms with van der Waals surface area (Å²) < 4.78 is 80.2. The molecule has 1 aliphatic heterocycles. The number of piperidine rings is 1. The number of benzene rings is 3. The van der Waals surface area contributed by atoms with Gasteiger partial charge >= 0.3 is 12.4 Å². The molecule has 4 aromatic rings. The van der Waals surface area contributed by atoms with Crippen molar-refractivity contribution in [3.05, 3.63) is 125 Å². The van der Waals surface area contributed by atoms with Gasteiger partial charge in [-0.3, -0.25) is 14.6 Å². The minimum atomic E-state index is -5.11. The first kappa shape index (κ1) is 32.5. The molecule has 0 radical (unpaired) electrons. The van der Waals surface area contributed by atoms with E-state index in [4.69, 9.17) is 0 Å². The Hall–Kier alpha value is -4.87. The Bertz CT molecular complexity index is 1640. The second-order valence-corrected chi connectivity index (χ2v) is 11.1. The molecule has 1 fully saturated rings. The van der Waals surface area contributed by atoms with E-state index in [1.54, 1.807) is 30.6 Å². The minimum absolute atomic E-state index is 0.0326. The average Bonchev–Trinajstić information content (AvgIpc) is 3.04. The largest absolute Gasteiger partial charge is 0.416 e. The number of hydrogen-bond donors (Lipinski definition) is 2. The molecule has 2 heterocycles. The van der Waals surface area contributed by atoms with E-state index < -0.39 is 40.9 Å². The van der Waals surface area contributed by atoms with Gasteiger partial charge in [0.15, 0.2) is 0 Å². The van der Waals surface area contributed by atoms with Crippen molar-refractivity contribution in [2.24, 2.45) is 5.92 Å². The van der Waals surface area contributed by atoms with Crippen LogP contribution in [0.25, 0.3) is 0 Å². The molecule has 3 aromatic carbocycles. The molecule has 0 saturated carbocycles. The van der Waals surface area contributed by atoms with Crippen LogP contribution in [0.1, 0.15) is 55.8 Å². The first-order valence-electron chi connectivity index (χ1n) is 14.6. The Balaban J connectivity index is 1.39. The van der Waals surface area contributed by atoms with Gasteiger partial charge in [0.2, 0.25) is 0 Å². The molecule has 0 bridgehead atoms. The highest BCUT2D eigenvalue weighted by atomic mass is 19.4. The lowest BCUT2D eigenvalue weighted by atomic mass is 9.89. The van der Waals surface area contributed by atoms with Crippen LogP contribution >= 0.6 is 0 Å². The van der Waals surface area contributed by atoms with Gasteiger partial charge in [0, 0.05) is 49.0 Å². The molecule has 12 heteroatoms. The highest BCUT2D eigenvalue weighted by molar-refractivity contribution is 6.06. The Labute approximate surface area is 261 Å². The Morgan fingerprint density at radius 2 is 1.43 bits per heavy atom. The van der Waals surface area contributed by atoms with Gasteiger partial charge in [-0.15, -0.1) is 0 Å². The molecule has 240 valence electrons. The molecular weight excluding hydrogens is 610 g/mol. The predicted molar refractivity (Wildman–Crippen MR) is 161 cm³/mol. The van der Waals surface area contributed by atoms with Gasteiger partial charge in [-0.25, -0.2) is 0 Å². The third-order valence-corrected chi connectivity index (χ3v) is 7.85. The zero-order valence-corrected chi connectivity index (χ0v) is 24.5. The first-order valence-corrected chi connectivity index (χ1v) is 14.6. The molecule has 0 atom stereocenters. The van der Waals surface area contributed by atoms with E-state index in [0.29, 0.717) is 36.8 Å². The van der Waals surface area contributed by atoms with Gasteiger partial charge in [-0.2, -0.15) is 26.3 Å². The van der Waals surface area contributed by atoms with E-state index in [9.17, 15) is 35.9 Å². The maximum absolute atomic E-state index is 13.5. The Kier molecular flexibility index (Phi) is 9.64. The van der Waals surface area contributed by atoms with Gasteiger partial charge in [-0.1, -0.05) is 36.4 Å². The molecule has 5 rings (SSSR count). The molecule has 6 nitrogen and oxygen atoms in total. The summed E-state index contributed by atoms with van der Waals surface area (Å²) in [7, 11) is 0. The average molecular weight is 641 g/mol. The molecule has 2 N–H and O–H groups in total. The number of carbonyl (C=O) groups is 2. The Morgan fingerprint density at radius 3 is 2.04 bits per heavy atom. The minimum Gasteiger partial charge on any atom is -0.371 e. The molecule has 0 unspecified atom stereocenters. The number of halogens is 6. The molecular formula is C34H30F6N4O2. The van der Waals surface area contributed by atoms with Gasteiger partial charge in [-0.05, 0) is 78.8 Å². The summed E-state index contributed by atoms with van der Waals surface area (Å²) in [5.41, 5.74) is -1.21. The Morgan fingerprint density at radius 1 is 0.783 bits per heavy atom. The number of carbonyl (C=O) groups excluding carboxylic acids is 2. The van der Waals surface area contributed by atoms with Crippen molar-refractivity contribution in [3.8, 4) is 0 Å². The monoisotopic (exact) mass is 640 g/mol. The molecule has 2 amide bonds. The van der Waals surface area contributed by atoms with Crippen molar-refractivity contribution in [2.75, 3.05) is 23.3 Å². The zero-order chi connectivity index (χ0) is 32.9. The smallest absolute Gasteiger partial charge is 0.371 e. The summed E-state index contributed by atoms with van der Waals surface area (Å²) in [6.07, 6.45) is -4.33. The summed E-state index contributed by atoms with van der Waals surface area (Å²) in [6, 6.07) is 18.8. The molecule has 46 heavy (non-hydrogen) atoms. The number of amides is 2. The highest BCUT2D eigenvalue weighted by Crippen LogP contribution is 2.37. The van der Waals surface area contributed by atoms with Crippen LogP contribution in [0.5, 0.6) is 0 Å². The van der Waals surface area contributed by atoms with E-state index in [0.717, 1.165) is 24.8 Å². The fourth-order valence-electron chi connectivity index (χ4n) is 5.47. The maximum Gasteiger partial charge on any atom is 0.416 e. The van der Waals surface area contributed by atoms with Crippen LogP contribution < -0.4 is 15.5 Å². The summed E-state index contributed by atoms with van der Waals surface area (Å²) >= 11 is 0. The number of anilines is 2. The second kappa shape index (κ2) is 13.6. The lowest BCUT2D eigenvalue weighted by molar-refractivity contribution is -0.143. The lowest BCUT2D eigenvalue weighted by Crippen LogP contribution is -2.36. The number of rotatable bonds is 8. The number of aromatic nitrogens is 1. The molecule has 0 aliphatic carbocycles. The van der Waals surface area contributed by atoms with Gasteiger partial charge in [0.25, 0.3) is 11.8 Å². The quantitative estimate of drug-likeness (QED) is 0.193. The lowest BCUT2D eigenvalue weighted by Gasteiger charge is -2.35. The fraction of sp³-hybridized carbons (Fsp3) is 0.265. The molecule has 1 aromatic heterocycles. The summed E-state index contributed by atoms with van der Waals surface area (Å²) in [4.78, 5) is 32.6. The third kappa shape index (κ3) is 8.23. The number of hydrogen-bond acceptors (Lipinski definition) is 4. The SMILES string of the molecule is O=C(Nc1ccc(N2CCC(Cc3ccccc3)CC2)c(C(=O)NCc2cccnc2)c1)c1cc(C(F)(F)F)cc(C(F)(F)F)c1. The number of pyridine rings is 1. The van der Waals surface area contributed by atoms with Crippen LogP contribution in [0.2, 0.25) is 0 Å². The predicted octanol–water partition coefficient (Wildman–Crippen LogP) is 7.76. The van der Waals surface area contributed by atoms with Gasteiger partial charge in [0.1, 0.15) is 0 Å². The van der Waals surface area contributed by atoms with Crippen LogP contribution in [0, 0.1) is 5.92 Å². The number of nitrogens with zero attached hydrogens (tertiary/aromatic N) is 2. The van der Waals surface area contributed by atoms with Crippen LogP contribution in [0.15, 0.2) is 91.3 Å². The topological polar surface area (TPSA) is 74.3 Å². The summed E-state index contributed by atoms with van der Waals surface area (Å²) in [5, 5.41) is 5.20. The van der Waals surface area contributed by atoms with E-state index in [-0.39, 0.29) is 23.9 Å². The van der Waals surface area contributed by atoms with Gasteiger partial charge < -0.3 is 15.5 Å². The van der Waals surface area contributed by atoms with Crippen LogP contribution in [-0.4, -0.2) is 29.9 Å². The van der Waals surface area contributed by atoms with Gasteiger partial charge in [0.05, 0.1) is 16.7 Å². The maximum atomic E-state index is 13.5. The molecule has 0 spiro atoms. The first-order chi connectivity index (χ1) is 21.9. The number of nitrogens with one attached hydrogen (secondary N) is 2. The highest BCUT2D eigenvalue weighted by Gasteiger charge is 2.37. The molecule has 1 aliphatic rings. The van der Waals surface area contributed by atoms with Crippen LogP contribution in [0.4, 0.5) is 37.7 Å². The van der Waals surface area contributed by atoms with E-state index in [1.165, 1.54) is 17.7 Å². The summed E-state index contributed by atoms with van der Waals surface area (Å²) in [5.74, 6) is -1.21. The number of alkyl halides is 6. The van der Waals surface area contributed by atoms with Crippen molar-refractivity contribution >= 4 is 23.2 Å².